The first-order valence-electron chi connectivity index (χ1n) is 12.6. The predicted molar refractivity (Wildman–Crippen MR) is 147 cm³/mol. The predicted octanol–water partition coefficient (Wildman–Crippen LogP) is 4.36. The largest absolute Gasteiger partial charge is 0.493 e. The molecule has 0 aliphatic carbocycles. The maximum atomic E-state index is 13.1. The third-order valence-electron chi connectivity index (χ3n) is 6.69. The number of hydrogen-bond acceptors (Lipinski definition) is 10. The van der Waals surface area contributed by atoms with E-state index in [2.05, 4.69) is 10.6 Å². The smallest absolute Gasteiger partial charge is 0.410 e. The van der Waals surface area contributed by atoms with Gasteiger partial charge in [-0.3, -0.25) is 4.79 Å². The molecule has 40 heavy (non-hydrogen) atoms. The van der Waals surface area contributed by atoms with E-state index in [0.717, 1.165) is 21.0 Å². The summed E-state index contributed by atoms with van der Waals surface area (Å²) < 4.78 is 26.6. The average molecular weight is 568 g/mol. The molecule has 1 aromatic heterocycles. The number of nitrogens with zero attached hydrogens (tertiary/aromatic N) is 1. The second-order valence-corrected chi connectivity index (χ2v) is 10.1. The van der Waals surface area contributed by atoms with Crippen LogP contribution in [-0.2, 0) is 17.7 Å². The van der Waals surface area contributed by atoms with Gasteiger partial charge in [0, 0.05) is 11.4 Å². The SMILES string of the molecule is CCOC(=O)N1CCc2c(sc3c2C(=O)N[C@@H](c2ccc(OC(=O)c4cc(OC)c(OC)c(OC)c4)cc2)N3)C1. The summed E-state index contributed by atoms with van der Waals surface area (Å²) in [5.74, 6) is 0.619. The third-order valence-corrected chi connectivity index (χ3v) is 7.83. The van der Waals surface area contributed by atoms with E-state index in [4.69, 9.17) is 23.7 Å². The molecule has 2 N–H and O–H groups in total. The van der Waals surface area contributed by atoms with E-state index in [0.29, 0.717) is 54.7 Å². The summed E-state index contributed by atoms with van der Waals surface area (Å²) in [5, 5.41) is 7.17. The van der Waals surface area contributed by atoms with Crippen LogP contribution in [0.4, 0.5) is 9.80 Å². The van der Waals surface area contributed by atoms with Gasteiger partial charge in [0.05, 0.1) is 45.6 Å². The highest BCUT2D eigenvalue weighted by Crippen LogP contribution is 2.41. The molecule has 2 amide bonds. The van der Waals surface area contributed by atoms with Crippen molar-refractivity contribution in [2.75, 3.05) is 39.8 Å². The number of nitrogens with one attached hydrogen (secondary N) is 2. The zero-order valence-electron chi connectivity index (χ0n) is 22.5. The Morgan fingerprint density at radius 1 is 1.02 bits per heavy atom. The zero-order chi connectivity index (χ0) is 28.4. The fourth-order valence-corrected chi connectivity index (χ4v) is 6.04. The van der Waals surface area contributed by atoms with E-state index >= 15 is 0 Å². The summed E-state index contributed by atoms with van der Waals surface area (Å²) in [6.45, 7) is 3.01. The number of thiophene rings is 1. The molecule has 2 aliphatic heterocycles. The molecule has 0 fully saturated rings. The van der Waals surface area contributed by atoms with Crippen LogP contribution in [0.1, 0.15) is 49.8 Å². The number of fused-ring (bicyclic) bond motifs is 3. The number of carbonyl (C=O) groups is 3. The molecule has 12 heteroatoms. The number of hydrogen-bond donors (Lipinski definition) is 2. The number of ether oxygens (including phenoxy) is 5. The standard InChI is InChI=1S/C28H29N3O8S/c1-5-38-28(34)31-11-10-18-21(14-31)40-26-22(18)25(32)29-24(30-26)15-6-8-17(9-7-15)39-27(33)16-12-19(35-2)23(37-4)20(13-16)36-3/h6-9,12-13,24,30H,5,10-11,14H2,1-4H3,(H,29,32)/t24-/m1/s1. The van der Waals surface area contributed by atoms with Gasteiger partial charge in [-0.15, -0.1) is 11.3 Å². The second kappa shape index (κ2) is 11.3. The molecule has 3 heterocycles. The fraction of sp³-hybridized carbons (Fsp3) is 0.321. The molecule has 11 nitrogen and oxygen atoms in total. The highest BCUT2D eigenvalue weighted by molar-refractivity contribution is 7.16. The Labute approximate surface area is 234 Å². The maximum Gasteiger partial charge on any atom is 0.410 e. The maximum absolute atomic E-state index is 13.1. The number of esters is 1. The van der Waals surface area contributed by atoms with E-state index in [1.165, 1.54) is 44.8 Å². The number of amides is 2. The lowest BCUT2D eigenvalue weighted by atomic mass is 10.0. The van der Waals surface area contributed by atoms with Crippen LogP contribution in [0.25, 0.3) is 0 Å². The first-order chi connectivity index (χ1) is 19.4. The fourth-order valence-electron chi connectivity index (χ4n) is 4.75. The molecule has 0 saturated carbocycles. The van der Waals surface area contributed by atoms with Crippen molar-refractivity contribution >= 4 is 34.3 Å². The minimum atomic E-state index is -0.596. The number of methoxy groups -OCH3 is 3. The number of benzene rings is 2. The van der Waals surface area contributed by atoms with Crippen molar-refractivity contribution in [2.45, 2.75) is 26.1 Å². The van der Waals surface area contributed by atoms with Crippen molar-refractivity contribution in [1.82, 2.24) is 10.2 Å². The molecule has 0 radical (unpaired) electrons. The van der Waals surface area contributed by atoms with Crippen molar-refractivity contribution in [3.05, 3.63) is 63.5 Å². The normalized spacial score (nSPS) is 15.7. The van der Waals surface area contributed by atoms with Gasteiger partial charge in [0.2, 0.25) is 5.75 Å². The molecular formula is C28H29N3O8S. The van der Waals surface area contributed by atoms with Gasteiger partial charge in [-0.25, -0.2) is 9.59 Å². The lowest BCUT2D eigenvalue weighted by molar-refractivity contribution is 0.0733. The van der Waals surface area contributed by atoms with E-state index in [1.54, 1.807) is 36.1 Å². The summed E-state index contributed by atoms with van der Waals surface area (Å²) in [6, 6.07) is 9.90. The quantitative estimate of drug-likeness (QED) is 0.316. The van der Waals surface area contributed by atoms with Crippen molar-refractivity contribution in [2.24, 2.45) is 0 Å². The van der Waals surface area contributed by atoms with E-state index in [-0.39, 0.29) is 17.6 Å². The molecule has 3 aromatic rings. The van der Waals surface area contributed by atoms with E-state index < -0.39 is 12.1 Å². The molecule has 5 rings (SSSR count). The molecule has 210 valence electrons. The lowest BCUT2D eigenvalue weighted by Gasteiger charge is -2.28. The van der Waals surface area contributed by atoms with Crippen molar-refractivity contribution < 1.29 is 38.1 Å². The molecule has 2 aromatic carbocycles. The topological polar surface area (TPSA) is 125 Å². The summed E-state index contributed by atoms with van der Waals surface area (Å²) in [5.41, 5.74) is 2.62. The first-order valence-corrected chi connectivity index (χ1v) is 13.4. The summed E-state index contributed by atoms with van der Waals surface area (Å²) in [6.07, 6.45) is -0.229. The van der Waals surface area contributed by atoms with Gasteiger partial charge in [-0.05, 0) is 48.7 Å². The zero-order valence-corrected chi connectivity index (χ0v) is 23.3. The first kappa shape index (κ1) is 27.1. The Morgan fingerprint density at radius 3 is 2.35 bits per heavy atom. The van der Waals surface area contributed by atoms with Gasteiger partial charge in [-0.1, -0.05) is 12.1 Å². The Hall–Kier alpha value is -4.45. The molecular weight excluding hydrogens is 538 g/mol. The van der Waals surface area contributed by atoms with Crippen molar-refractivity contribution in [3.63, 3.8) is 0 Å². The Kier molecular flexibility index (Phi) is 7.69. The molecule has 0 saturated heterocycles. The Bertz CT molecular complexity index is 1430. The van der Waals surface area contributed by atoms with Crippen LogP contribution in [0.2, 0.25) is 0 Å². The molecule has 0 unspecified atom stereocenters. The minimum absolute atomic E-state index is 0.168. The third kappa shape index (κ3) is 5.09. The van der Waals surface area contributed by atoms with Gasteiger partial charge in [0.25, 0.3) is 5.91 Å². The Morgan fingerprint density at radius 2 is 1.73 bits per heavy atom. The van der Waals surface area contributed by atoms with E-state index in [1.807, 2.05) is 0 Å². The van der Waals surface area contributed by atoms with Crippen LogP contribution in [0.3, 0.4) is 0 Å². The van der Waals surface area contributed by atoms with Gasteiger partial charge in [0.15, 0.2) is 11.5 Å². The molecule has 2 aliphatic rings. The summed E-state index contributed by atoms with van der Waals surface area (Å²) in [7, 11) is 4.42. The van der Waals surface area contributed by atoms with Crippen molar-refractivity contribution in [1.29, 1.82) is 0 Å². The average Bonchev–Trinajstić information content (AvgIpc) is 3.35. The van der Waals surface area contributed by atoms with Gasteiger partial charge < -0.3 is 39.2 Å². The lowest BCUT2D eigenvalue weighted by Crippen LogP contribution is -2.39. The summed E-state index contributed by atoms with van der Waals surface area (Å²) >= 11 is 1.48. The van der Waals surface area contributed by atoms with Crippen molar-refractivity contribution in [3.8, 4) is 23.0 Å². The van der Waals surface area contributed by atoms with Crippen LogP contribution in [-0.4, -0.2) is 57.4 Å². The molecule has 1 atom stereocenters. The van der Waals surface area contributed by atoms with Crippen LogP contribution >= 0.6 is 11.3 Å². The monoisotopic (exact) mass is 567 g/mol. The van der Waals surface area contributed by atoms with Crippen LogP contribution in [0.15, 0.2) is 36.4 Å². The van der Waals surface area contributed by atoms with Gasteiger partial charge >= 0.3 is 12.1 Å². The number of rotatable bonds is 7. The van der Waals surface area contributed by atoms with Gasteiger partial charge in [0.1, 0.15) is 16.9 Å². The van der Waals surface area contributed by atoms with E-state index in [9.17, 15) is 14.4 Å². The highest BCUT2D eigenvalue weighted by Gasteiger charge is 2.34. The molecule has 0 bridgehead atoms. The molecule has 0 spiro atoms. The summed E-state index contributed by atoms with van der Waals surface area (Å²) in [4.78, 5) is 40.7. The highest BCUT2D eigenvalue weighted by atomic mass is 32.1. The number of carbonyl (C=O) groups excluding carboxylic acids is 3. The second-order valence-electron chi connectivity index (χ2n) is 9.00. The van der Waals surface area contributed by atoms with Crippen LogP contribution < -0.4 is 29.6 Å². The minimum Gasteiger partial charge on any atom is -0.493 e. The van der Waals surface area contributed by atoms with Gasteiger partial charge in [-0.2, -0.15) is 0 Å². The van der Waals surface area contributed by atoms with Crippen LogP contribution in [0, 0.1) is 0 Å². The Balaban J connectivity index is 1.29. The number of anilines is 1. The van der Waals surface area contributed by atoms with Crippen LogP contribution in [0.5, 0.6) is 23.0 Å².